The van der Waals surface area contributed by atoms with Crippen molar-refractivity contribution >= 4 is 23.6 Å². The van der Waals surface area contributed by atoms with Crippen LogP contribution in [-0.4, -0.2) is 37.5 Å². The van der Waals surface area contributed by atoms with Crippen LogP contribution in [-0.2, 0) is 11.2 Å². The van der Waals surface area contributed by atoms with Crippen LogP contribution in [0.2, 0.25) is 5.02 Å². The molecule has 2 aromatic rings. The number of aliphatic imine (C=N–C) groups is 1. The van der Waals surface area contributed by atoms with E-state index in [0.717, 1.165) is 48.7 Å². The largest absolute Gasteiger partial charge is 0.378 e. The zero-order chi connectivity index (χ0) is 16.9. The van der Waals surface area contributed by atoms with Gasteiger partial charge >= 0.3 is 0 Å². The summed E-state index contributed by atoms with van der Waals surface area (Å²) in [5.74, 6) is -0.219. The van der Waals surface area contributed by atoms with E-state index in [1.165, 1.54) is 6.07 Å². The average molecular weight is 347 g/mol. The highest BCUT2D eigenvalue weighted by Gasteiger charge is 2.09. The Balaban J connectivity index is 1.76. The van der Waals surface area contributed by atoms with E-state index in [2.05, 4.69) is 9.89 Å². The summed E-state index contributed by atoms with van der Waals surface area (Å²) in [5.41, 5.74) is 3.86. The van der Waals surface area contributed by atoms with Crippen molar-refractivity contribution in [3.63, 3.8) is 0 Å². The van der Waals surface area contributed by atoms with Crippen LogP contribution in [0.15, 0.2) is 41.4 Å². The van der Waals surface area contributed by atoms with Gasteiger partial charge in [-0.1, -0.05) is 23.7 Å². The highest BCUT2D eigenvalue weighted by Crippen LogP contribution is 2.29. The third-order valence-corrected chi connectivity index (χ3v) is 4.40. The highest BCUT2D eigenvalue weighted by molar-refractivity contribution is 6.33. The van der Waals surface area contributed by atoms with Crippen LogP contribution < -0.4 is 0 Å². The molecule has 0 aromatic heterocycles. The quantitative estimate of drug-likeness (QED) is 0.606. The lowest BCUT2D eigenvalue weighted by Crippen LogP contribution is -2.34. The number of aryl methyl sites for hydroxylation is 1. The predicted octanol–water partition coefficient (Wildman–Crippen LogP) is 4.37. The molecule has 0 radical (unpaired) electrons. The third-order valence-electron chi connectivity index (χ3n) is 4.09. The Kier molecular flexibility index (Phi) is 5.48. The first-order chi connectivity index (χ1) is 11.6. The fourth-order valence-corrected chi connectivity index (χ4v) is 2.94. The molecule has 1 aliphatic heterocycles. The zero-order valence-electron chi connectivity index (χ0n) is 13.6. The number of ether oxygens (including phenoxy) is 1. The number of hydrogen-bond acceptors (Lipinski definition) is 2. The van der Waals surface area contributed by atoms with E-state index < -0.39 is 0 Å². The minimum Gasteiger partial charge on any atom is -0.378 e. The molecule has 5 heteroatoms. The van der Waals surface area contributed by atoms with E-state index in [0.29, 0.717) is 11.4 Å². The first-order valence-electron chi connectivity index (χ1n) is 8.01. The second-order valence-electron chi connectivity index (χ2n) is 5.93. The molecule has 2 aromatic carbocycles. The first-order valence-corrected chi connectivity index (χ1v) is 8.39. The van der Waals surface area contributed by atoms with Crippen LogP contribution in [0.5, 0.6) is 0 Å². The molecule has 1 aliphatic rings. The van der Waals surface area contributed by atoms with Crippen molar-refractivity contribution in [3.8, 4) is 0 Å². The number of benzene rings is 2. The molecular formula is C19H20ClFN2O. The molecule has 3 rings (SSSR count). The third kappa shape index (κ3) is 4.34. The van der Waals surface area contributed by atoms with Crippen molar-refractivity contribution in [1.29, 1.82) is 0 Å². The van der Waals surface area contributed by atoms with Crippen molar-refractivity contribution in [2.24, 2.45) is 4.99 Å². The maximum absolute atomic E-state index is 13.3. The lowest BCUT2D eigenvalue weighted by atomic mass is 10.00. The van der Waals surface area contributed by atoms with Crippen LogP contribution in [0.1, 0.15) is 16.7 Å². The van der Waals surface area contributed by atoms with E-state index in [9.17, 15) is 4.39 Å². The molecule has 1 heterocycles. The molecule has 0 atom stereocenters. The van der Waals surface area contributed by atoms with Gasteiger partial charge in [0.2, 0.25) is 0 Å². The summed E-state index contributed by atoms with van der Waals surface area (Å²) >= 11 is 6.39. The number of hydrogen-bond donors (Lipinski definition) is 0. The van der Waals surface area contributed by atoms with Gasteiger partial charge < -0.3 is 9.64 Å². The standard InChI is InChI=1S/C19H20ClFN2O/c1-14-9-19(22-13-23-5-7-24-8-6-23)18(20)12-16(14)10-15-3-2-4-17(21)11-15/h2-4,9,11-13H,5-8,10H2,1H3. The summed E-state index contributed by atoms with van der Waals surface area (Å²) in [6.07, 6.45) is 2.48. The number of halogens is 2. The van der Waals surface area contributed by atoms with Crippen LogP contribution in [0, 0.1) is 12.7 Å². The minimum atomic E-state index is -0.219. The van der Waals surface area contributed by atoms with E-state index in [-0.39, 0.29) is 5.82 Å². The SMILES string of the molecule is Cc1cc(N=CN2CCOCC2)c(Cl)cc1Cc1cccc(F)c1. The minimum absolute atomic E-state index is 0.219. The first kappa shape index (κ1) is 16.9. The molecule has 0 saturated carbocycles. The Morgan fingerprint density at radius 2 is 2.04 bits per heavy atom. The number of nitrogens with zero attached hydrogens (tertiary/aromatic N) is 2. The van der Waals surface area contributed by atoms with Crippen molar-refractivity contribution in [1.82, 2.24) is 4.90 Å². The summed E-state index contributed by atoms with van der Waals surface area (Å²) in [6, 6.07) is 10.6. The van der Waals surface area contributed by atoms with Crippen LogP contribution in [0.4, 0.5) is 10.1 Å². The Labute approximate surface area is 146 Å². The fraction of sp³-hybridized carbons (Fsp3) is 0.316. The molecule has 0 unspecified atom stereocenters. The predicted molar refractivity (Wildman–Crippen MR) is 95.9 cm³/mol. The van der Waals surface area contributed by atoms with Gasteiger partial charge in [0, 0.05) is 13.1 Å². The monoisotopic (exact) mass is 346 g/mol. The van der Waals surface area contributed by atoms with Gasteiger partial charge in [-0.25, -0.2) is 9.38 Å². The average Bonchev–Trinajstić information content (AvgIpc) is 2.57. The molecule has 3 nitrogen and oxygen atoms in total. The van der Waals surface area contributed by atoms with Crippen molar-refractivity contribution < 1.29 is 9.13 Å². The fourth-order valence-electron chi connectivity index (χ4n) is 2.70. The van der Waals surface area contributed by atoms with Gasteiger partial charge in [-0.15, -0.1) is 0 Å². The highest BCUT2D eigenvalue weighted by atomic mass is 35.5. The van der Waals surface area contributed by atoms with Gasteiger partial charge in [0.1, 0.15) is 5.82 Å². The summed E-state index contributed by atoms with van der Waals surface area (Å²) in [4.78, 5) is 6.63. The molecule has 0 N–H and O–H groups in total. The maximum Gasteiger partial charge on any atom is 0.123 e. The molecule has 0 aliphatic carbocycles. The molecule has 126 valence electrons. The van der Waals surface area contributed by atoms with E-state index >= 15 is 0 Å². The normalized spacial score (nSPS) is 15.2. The maximum atomic E-state index is 13.3. The van der Waals surface area contributed by atoms with Gasteiger partial charge in [-0.3, -0.25) is 0 Å². The van der Waals surface area contributed by atoms with Crippen LogP contribution in [0.3, 0.4) is 0 Å². The molecular weight excluding hydrogens is 327 g/mol. The summed E-state index contributed by atoms with van der Waals surface area (Å²) in [6.45, 7) is 5.17. The molecule has 1 fully saturated rings. The molecule has 0 amide bonds. The second kappa shape index (κ2) is 7.77. The molecule has 1 saturated heterocycles. The molecule has 24 heavy (non-hydrogen) atoms. The van der Waals surface area contributed by atoms with Crippen molar-refractivity contribution in [2.45, 2.75) is 13.3 Å². The van der Waals surface area contributed by atoms with E-state index in [1.54, 1.807) is 12.1 Å². The molecule has 0 spiro atoms. The van der Waals surface area contributed by atoms with Gasteiger partial charge in [-0.2, -0.15) is 0 Å². The molecule has 0 bridgehead atoms. The van der Waals surface area contributed by atoms with Crippen molar-refractivity contribution in [3.05, 3.63) is 63.9 Å². The van der Waals surface area contributed by atoms with Gasteiger partial charge in [0.15, 0.2) is 0 Å². The topological polar surface area (TPSA) is 24.8 Å². The van der Waals surface area contributed by atoms with Gasteiger partial charge in [-0.05, 0) is 54.3 Å². The Hall–Kier alpha value is -1.91. The lowest BCUT2D eigenvalue weighted by Gasteiger charge is -2.24. The number of morpholine rings is 1. The van der Waals surface area contributed by atoms with E-state index in [1.807, 2.05) is 31.5 Å². The Bertz CT molecular complexity index is 742. The van der Waals surface area contributed by atoms with E-state index in [4.69, 9.17) is 16.3 Å². The summed E-state index contributed by atoms with van der Waals surface area (Å²) in [5, 5.41) is 0.608. The second-order valence-corrected chi connectivity index (χ2v) is 6.34. The zero-order valence-corrected chi connectivity index (χ0v) is 14.4. The summed E-state index contributed by atoms with van der Waals surface area (Å²) < 4.78 is 18.7. The smallest absolute Gasteiger partial charge is 0.123 e. The van der Waals surface area contributed by atoms with Crippen LogP contribution in [0.25, 0.3) is 0 Å². The Morgan fingerprint density at radius 1 is 1.25 bits per heavy atom. The van der Waals surface area contributed by atoms with Crippen LogP contribution >= 0.6 is 11.6 Å². The Morgan fingerprint density at radius 3 is 2.79 bits per heavy atom. The van der Waals surface area contributed by atoms with Crippen molar-refractivity contribution in [2.75, 3.05) is 26.3 Å². The summed E-state index contributed by atoms with van der Waals surface area (Å²) in [7, 11) is 0. The lowest BCUT2D eigenvalue weighted by molar-refractivity contribution is 0.0701. The number of rotatable bonds is 4. The van der Waals surface area contributed by atoms with Gasteiger partial charge in [0.25, 0.3) is 0 Å². The van der Waals surface area contributed by atoms with Gasteiger partial charge in [0.05, 0.1) is 30.3 Å².